The Labute approximate surface area is 205 Å². The molecule has 0 aliphatic rings. The number of pyridine rings is 1. The standard InChI is InChI=1S/C24H25IN6O2/c1-5-16(30-23(32)33-24(2,3)4)11-18-20(25)19(21-22(26)28-13-29-31(18)21)15-10-14-8-6-7-9-17(14)27-12-15/h5-10,12-13,16H,1,11H2,2-4H3,(H,30,32)(H2,26,28,29)/t16-/m1/s1. The number of hydrogen-bond acceptors (Lipinski definition) is 6. The van der Waals surface area contributed by atoms with Gasteiger partial charge in [0.05, 0.1) is 17.3 Å². The van der Waals surface area contributed by atoms with E-state index in [-0.39, 0.29) is 6.04 Å². The van der Waals surface area contributed by atoms with E-state index in [0.717, 1.165) is 31.3 Å². The lowest BCUT2D eigenvalue weighted by Crippen LogP contribution is -2.39. The predicted molar refractivity (Wildman–Crippen MR) is 138 cm³/mol. The number of amides is 1. The molecule has 9 heteroatoms. The summed E-state index contributed by atoms with van der Waals surface area (Å²) in [5, 5.41) is 8.35. The molecule has 4 rings (SSSR count). The van der Waals surface area contributed by atoms with Gasteiger partial charge in [-0.15, -0.1) is 6.58 Å². The van der Waals surface area contributed by atoms with Gasteiger partial charge in [-0.1, -0.05) is 24.3 Å². The summed E-state index contributed by atoms with van der Waals surface area (Å²) >= 11 is 2.29. The molecule has 0 saturated heterocycles. The summed E-state index contributed by atoms with van der Waals surface area (Å²) < 4.78 is 8.13. The number of halogens is 1. The van der Waals surface area contributed by atoms with Gasteiger partial charge in [0, 0.05) is 32.7 Å². The Bertz CT molecular complexity index is 1360. The molecule has 0 spiro atoms. The molecule has 4 aromatic rings. The Balaban J connectivity index is 1.78. The Kier molecular flexibility index (Phi) is 6.24. The summed E-state index contributed by atoms with van der Waals surface area (Å²) in [5.41, 5.74) is 10.0. The van der Waals surface area contributed by atoms with Crippen molar-refractivity contribution in [2.75, 3.05) is 5.73 Å². The first-order valence-corrected chi connectivity index (χ1v) is 11.5. The fourth-order valence-corrected chi connectivity index (χ4v) is 4.67. The van der Waals surface area contributed by atoms with Crippen LogP contribution in [0.5, 0.6) is 0 Å². The molecular formula is C24H25IN6O2. The van der Waals surface area contributed by atoms with Crippen LogP contribution in [0.4, 0.5) is 10.6 Å². The van der Waals surface area contributed by atoms with Crippen molar-refractivity contribution in [1.82, 2.24) is 24.9 Å². The lowest BCUT2D eigenvalue weighted by Gasteiger charge is -2.22. The van der Waals surface area contributed by atoms with Crippen LogP contribution in [0.1, 0.15) is 26.5 Å². The van der Waals surface area contributed by atoms with E-state index >= 15 is 0 Å². The molecule has 3 aromatic heterocycles. The third-order valence-electron chi connectivity index (χ3n) is 5.06. The van der Waals surface area contributed by atoms with Crippen LogP contribution in [0, 0.1) is 3.57 Å². The Morgan fingerprint density at radius 1 is 1.33 bits per heavy atom. The second kappa shape index (κ2) is 8.97. The zero-order chi connectivity index (χ0) is 23.8. The molecule has 0 aliphatic heterocycles. The second-order valence-corrected chi connectivity index (χ2v) is 9.73. The van der Waals surface area contributed by atoms with Crippen LogP contribution in [-0.4, -0.2) is 37.3 Å². The number of fused-ring (bicyclic) bond motifs is 2. The number of ether oxygens (including phenoxy) is 1. The minimum absolute atomic E-state index is 0.368. The topological polar surface area (TPSA) is 107 Å². The van der Waals surface area contributed by atoms with Crippen molar-refractivity contribution >= 4 is 50.9 Å². The van der Waals surface area contributed by atoms with E-state index in [1.807, 2.05) is 51.2 Å². The Morgan fingerprint density at radius 3 is 2.82 bits per heavy atom. The largest absolute Gasteiger partial charge is 0.444 e. The van der Waals surface area contributed by atoms with Crippen LogP contribution in [0.3, 0.4) is 0 Å². The van der Waals surface area contributed by atoms with Crippen LogP contribution in [0.15, 0.2) is 55.5 Å². The average Bonchev–Trinajstić information content (AvgIpc) is 3.04. The van der Waals surface area contributed by atoms with Gasteiger partial charge in [0.15, 0.2) is 5.82 Å². The molecule has 1 atom stereocenters. The van der Waals surface area contributed by atoms with Crippen molar-refractivity contribution in [3.05, 3.63) is 64.8 Å². The summed E-state index contributed by atoms with van der Waals surface area (Å²) in [6, 6.07) is 9.66. The summed E-state index contributed by atoms with van der Waals surface area (Å²) in [6.45, 7) is 9.35. The van der Waals surface area contributed by atoms with Crippen molar-refractivity contribution in [1.29, 1.82) is 0 Å². The third kappa shape index (κ3) is 4.77. The normalized spacial score (nSPS) is 12.6. The van der Waals surface area contributed by atoms with E-state index in [0.29, 0.717) is 17.8 Å². The van der Waals surface area contributed by atoms with E-state index in [4.69, 9.17) is 10.5 Å². The van der Waals surface area contributed by atoms with Gasteiger partial charge < -0.3 is 15.8 Å². The molecule has 1 amide bonds. The van der Waals surface area contributed by atoms with Crippen LogP contribution < -0.4 is 11.1 Å². The number of carbonyl (C=O) groups excluding carboxylic acids is 1. The third-order valence-corrected chi connectivity index (χ3v) is 6.22. The van der Waals surface area contributed by atoms with Gasteiger partial charge in [-0.05, 0) is 55.5 Å². The molecule has 3 heterocycles. The van der Waals surface area contributed by atoms with Gasteiger partial charge in [0.25, 0.3) is 0 Å². The Hall–Kier alpha value is -3.21. The van der Waals surface area contributed by atoms with Gasteiger partial charge in [-0.2, -0.15) is 5.10 Å². The fourth-order valence-electron chi connectivity index (χ4n) is 3.65. The van der Waals surface area contributed by atoms with E-state index in [9.17, 15) is 4.79 Å². The highest BCUT2D eigenvalue weighted by atomic mass is 127. The minimum atomic E-state index is -0.593. The number of hydrogen-bond donors (Lipinski definition) is 2. The molecule has 170 valence electrons. The second-order valence-electron chi connectivity index (χ2n) is 8.65. The van der Waals surface area contributed by atoms with Gasteiger partial charge in [0.2, 0.25) is 0 Å². The number of alkyl carbamates (subject to hydrolysis) is 1. The lowest BCUT2D eigenvalue weighted by atomic mass is 10.1. The quantitative estimate of drug-likeness (QED) is 0.271. The number of nitrogens with two attached hydrogens (primary N) is 1. The molecule has 3 N–H and O–H groups in total. The number of nitrogens with one attached hydrogen (secondary N) is 1. The van der Waals surface area contributed by atoms with Crippen molar-refractivity contribution in [2.45, 2.75) is 38.8 Å². The van der Waals surface area contributed by atoms with Crippen molar-refractivity contribution < 1.29 is 9.53 Å². The number of nitrogens with zero attached hydrogens (tertiary/aromatic N) is 4. The monoisotopic (exact) mass is 556 g/mol. The van der Waals surface area contributed by atoms with Gasteiger partial charge >= 0.3 is 6.09 Å². The maximum atomic E-state index is 12.3. The van der Waals surface area contributed by atoms with E-state index in [1.54, 1.807) is 10.6 Å². The van der Waals surface area contributed by atoms with E-state index < -0.39 is 11.7 Å². The highest BCUT2D eigenvalue weighted by Gasteiger charge is 2.25. The molecule has 0 unspecified atom stereocenters. The molecular weight excluding hydrogens is 531 g/mol. The number of aromatic nitrogens is 4. The SMILES string of the molecule is C=C[C@H](Cc1c(I)c(-c2cnc3ccccc3c2)c2c(N)ncnn12)NC(=O)OC(C)(C)C. The lowest BCUT2D eigenvalue weighted by molar-refractivity contribution is 0.0514. The molecule has 0 fully saturated rings. The molecule has 0 saturated carbocycles. The fraction of sp³-hybridized carbons (Fsp3) is 0.250. The zero-order valence-corrected chi connectivity index (χ0v) is 20.8. The maximum absolute atomic E-state index is 12.3. The smallest absolute Gasteiger partial charge is 0.408 e. The molecule has 0 bridgehead atoms. The molecule has 1 aromatic carbocycles. The molecule has 8 nitrogen and oxygen atoms in total. The number of carbonyl (C=O) groups is 1. The Morgan fingerprint density at radius 2 is 2.09 bits per heavy atom. The van der Waals surface area contributed by atoms with Gasteiger partial charge in [-0.25, -0.2) is 14.3 Å². The number of rotatable bonds is 5. The van der Waals surface area contributed by atoms with Crippen molar-refractivity contribution in [3.63, 3.8) is 0 Å². The summed E-state index contributed by atoms with van der Waals surface area (Å²) in [7, 11) is 0. The summed E-state index contributed by atoms with van der Waals surface area (Å²) in [6.07, 6.45) is 4.88. The predicted octanol–water partition coefficient (Wildman–Crippen LogP) is 4.75. The van der Waals surface area contributed by atoms with Crippen LogP contribution in [0.2, 0.25) is 0 Å². The van der Waals surface area contributed by atoms with E-state index in [2.05, 4.69) is 55.6 Å². The van der Waals surface area contributed by atoms with Crippen molar-refractivity contribution in [3.8, 4) is 11.1 Å². The van der Waals surface area contributed by atoms with Crippen LogP contribution >= 0.6 is 22.6 Å². The first-order valence-electron chi connectivity index (χ1n) is 10.4. The first-order chi connectivity index (χ1) is 15.7. The highest BCUT2D eigenvalue weighted by molar-refractivity contribution is 14.1. The van der Waals surface area contributed by atoms with Crippen LogP contribution in [0.25, 0.3) is 27.5 Å². The summed E-state index contributed by atoms with van der Waals surface area (Å²) in [5.74, 6) is 0.368. The molecule has 33 heavy (non-hydrogen) atoms. The van der Waals surface area contributed by atoms with Gasteiger partial charge in [0.1, 0.15) is 17.4 Å². The maximum Gasteiger partial charge on any atom is 0.408 e. The molecule has 0 radical (unpaired) electrons. The first kappa shape index (κ1) is 23.0. The number of benzene rings is 1. The van der Waals surface area contributed by atoms with Crippen LogP contribution in [-0.2, 0) is 11.2 Å². The number of anilines is 1. The summed E-state index contributed by atoms with van der Waals surface area (Å²) in [4.78, 5) is 21.1. The van der Waals surface area contributed by atoms with E-state index in [1.165, 1.54) is 6.33 Å². The highest BCUT2D eigenvalue weighted by Crippen LogP contribution is 2.37. The number of nitrogen functional groups attached to an aromatic ring is 1. The molecule has 0 aliphatic carbocycles. The average molecular weight is 556 g/mol. The zero-order valence-electron chi connectivity index (χ0n) is 18.7. The minimum Gasteiger partial charge on any atom is -0.444 e. The van der Waals surface area contributed by atoms with Crippen molar-refractivity contribution in [2.24, 2.45) is 0 Å². The van der Waals surface area contributed by atoms with Gasteiger partial charge in [-0.3, -0.25) is 4.98 Å². The number of para-hydroxylation sites is 1.